The van der Waals surface area contributed by atoms with Crippen LogP contribution in [0.3, 0.4) is 0 Å². The predicted molar refractivity (Wildman–Crippen MR) is 75.6 cm³/mol. The number of aliphatic hydroxyl groups excluding tert-OH is 2. The lowest BCUT2D eigenvalue weighted by atomic mass is 9.96. The van der Waals surface area contributed by atoms with Gasteiger partial charge in [-0.1, -0.05) is 0 Å². The molecule has 0 aliphatic carbocycles. The second-order valence-electron chi connectivity index (χ2n) is 5.78. The third-order valence-electron chi connectivity index (χ3n) is 3.06. The summed E-state index contributed by atoms with van der Waals surface area (Å²) in [6.45, 7) is 8.35. The van der Waals surface area contributed by atoms with Gasteiger partial charge in [0, 0.05) is 6.92 Å². The van der Waals surface area contributed by atoms with Gasteiger partial charge in [-0.15, -0.1) is 0 Å². The number of aliphatic hydroxyl groups is 2. The van der Waals surface area contributed by atoms with Crippen molar-refractivity contribution in [3.63, 3.8) is 0 Å². The van der Waals surface area contributed by atoms with Crippen LogP contribution >= 0.6 is 0 Å². The van der Waals surface area contributed by atoms with E-state index >= 15 is 0 Å². The summed E-state index contributed by atoms with van der Waals surface area (Å²) in [4.78, 5) is 11.3. The molecule has 5 atom stereocenters. The van der Waals surface area contributed by atoms with E-state index in [9.17, 15) is 15.0 Å². The highest BCUT2D eigenvalue weighted by Crippen LogP contribution is 2.26. The first kappa shape index (κ1) is 18.3. The minimum Gasteiger partial charge on any atom is -0.394 e. The number of carbonyl (C=O) groups is 1. The van der Waals surface area contributed by atoms with E-state index in [1.165, 1.54) is 6.92 Å². The van der Waals surface area contributed by atoms with Crippen LogP contribution in [-0.2, 0) is 19.0 Å². The van der Waals surface area contributed by atoms with E-state index < -0.39 is 30.6 Å². The zero-order valence-electron chi connectivity index (χ0n) is 13.3. The first-order valence-electron chi connectivity index (χ1n) is 7.28. The third kappa shape index (κ3) is 5.19. The minimum atomic E-state index is -1.04. The topological polar surface area (TPSA) is 97.3 Å². The Morgan fingerprint density at radius 1 is 1.24 bits per heavy atom. The van der Waals surface area contributed by atoms with Crippen molar-refractivity contribution in [2.45, 2.75) is 77.5 Å². The van der Waals surface area contributed by atoms with Crippen LogP contribution in [0, 0.1) is 0 Å². The van der Waals surface area contributed by atoms with E-state index in [1.54, 1.807) is 0 Å². The molecule has 0 aromatic heterocycles. The van der Waals surface area contributed by atoms with Gasteiger partial charge >= 0.3 is 0 Å². The van der Waals surface area contributed by atoms with Crippen LogP contribution in [0.5, 0.6) is 0 Å². The zero-order chi connectivity index (χ0) is 16.2. The van der Waals surface area contributed by atoms with Crippen molar-refractivity contribution in [3.05, 3.63) is 0 Å². The van der Waals surface area contributed by atoms with Gasteiger partial charge in [0.1, 0.15) is 24.4 Å². The monoisotopic (exact) mass is 305 g/mol. The molecule has 0 saturated carbocycles. The number of nitrogens with one attached hydrogen (secondary N) is 1. The van der Waals surface area contributed by atoms with Crippen LogP contribution in [0.15, 0.2) is 0 Å². The molecule has 0 aromatic rings. The Labute approximate surface area is 125 Å². The number of hydrogen-bond acceptors (Lipinski definition) is 6. The van der Waals surface area contributed by atoms with Crippen LogP contribution < -0.4 is 5.32 Å². The van der Waals surface area contributed by atoms with Crippen LogP contribution in [0.25, 0.3) is 0 Å². The van der Waals surface area contributed by atoms with Gasteiger partial charge in [0.2, 0.25) is 5.91 Å². The molecule has 1 aliphatic heterocycles. The SMILES string of the molecule is CC(=O)NC1C(OC(C)C)OC(CO)C(OC(C)C)C1O. The minimum absolute atomic E-state index is 0.150. The van der Waals surface area contributed by atoms with Crippen LogP contribution in [0.4, 0.5) is 0 Å². The van der Waals surface area contributed by atoms with Crippen molar-refractivity contribution in [1.82, 2.24) is 5.32 Å². The zero-order valence-corrected chi connectivity index (χ0v) is 13.3. The Bertz CT molecular complexity index is 335. The summed E-state index contributed by atoms with van der Waals surface area (Å²) in [5, 5.41) is 22.6. The number of carbonyl (C=O) groups excluding carboxylic acids is 1. The predicted octanol–water partition coefficient (Wildman–Crippen LogP) is -0.212. The lowest BCUT2D eigenvalue weighted by Gasteiger charge is -2.45. The van der Waals surface area contributed by atoms with Gasteiger partial charge in [0.25, 0.3) is 0 Å². The Balaban J connectivity index is 2.94. The van der Waals surface area contributed by atoms with Crippen LogP contribution in [-0.4, -0.2) is 65.6 Å². The lowest BCUT2D eigenvalue weighted by Crippen LogP contribution is -2.65. The summed E-state index contributed by atoms with van der Waals surface area (Å²) in [6, 6.07) is -0.753. The molecule has 1 heterocycles. The highest BCUT2D eigenvalue weighted by Gasteiger charge is 2.47. The van der Waals surface area contributed by atoms with Gasteiger partial charge in [0.15, 0.2) is 6.29 Å². The molecule has 124 valence electrons. The number of amides is 1. The molecule has 21 heavy (non-hydrogen) atoms. The quantitative estimate of drug-likeness (QED) is 0.628. The van der Waals surface area contributed by atoms with E-state index in [0.717, 1.165) is 0 Å². The molecule has 0 radical (unpaired) electrons. The third-order valence-corrected chi connectivity index (χ3v) is 3.06. The molecule has 0 spiro atoms. The molecule has 1 fully saturated rings. The molecule has 0 aromatic carbocycles. The van der Waals surface area contributed by atoms with Gasteiger partial charge in [-0.25, -0.2) is 0 Å². The second kappa shape index (κ2) is 8.05. The summed E-state index contributed by atoms with van der Waals surface area (Å²) >= 11 is 0. The average molecular weight is 305 g/mol. The fourth-order valence-electron chi connectivity index (χ4n) is 2.32. The van der Waals surface area contributed by atoms with E-state index in [-0.39, 0.29) is 24.7 Å². The molecule has 1 amide bonds. The normalized spacial score (nSPS) is 33.5. The maximum atomic E-state index is 11.3. The highest BCUT2D eigenvalue weighted by molar-refractivity contribution is 5.73. The summed E-state index contributed by atoms with van der Waals surface area (Å²) in [5.41, 5.74) is 0. The van der Waals surface area contributed by atoms with Gasteiger partial charge in [0.05, 0.1) is 18.8 Å². The van der Waals surface area contributed by atoms with E-state index in [1.807, 2.05) is 27.7 Å². The molecule has 1 rings (SSSR count). The van der Waals surface area contributed by atoms with Gasteiger partial charge < -0.3 is 29.7 Å². The Kier molecular flexibility index (Phi) is 7.02. The van der Waals surface area contributed by atoms with Crippen molar-refractivity contribution < 1.29 is 29.2 Å². The molecule has 7 nitrogen and oxygen atoms in total. The summed E-state index contributed by atoms with van der Waals surface area (Å²) < 4.78 is 16.9. The molecule has 1 saturated heterocycles. The summed E-state index contributed by atoms with van der Waals surface area (Å²) in [5.74, 6) is -0.300. The van der Waals surface area contributed by atoms with Crippen molar-refractivity contribution in [2.24, 2.45) is 0 Å². The molecule has 1 aliphatic rings. The molecule has 7 heteroatoms. The maximum absolute atomic E-state index is 11.3. The standard InChI is InChI=1S/C14H27NO6/c1-7(2)19-13-10(6-16)21-14(20-8(3)4)11(12(13)18)15-9(5)17/h7-8,10-14,16,18H,6H2,1-5H3,(H,15,17). The van der Waals surface area contributed by atoms with Gasteiger partial charge in [-0.3, -0.25) is 4.79 Å². The Morgan fingerprint density at radius 3 is 2.24 bits per heavy atom. The second-order valence-corrected chi connectivity index (χ2v) is 5.78. The molecule has 5 unspecified atom stereocenters. The maximum Gasteiger partial charge on any atom is 0.217 e. The lowest BCUT2D eigenvalue weighted by molar-refractivity contribution is -0.289. The van der Waals surface area contributed by atoms with Crippen molar-refractivity contribution in [2.75, 3.05) is 6.61 Å². The Hall–Kier alpha value is -0.730. The van der Waals surface area contributed by atoms with Crippen molar-refractivity contribution in [1.29, 1.82) is 0 Å². The average Bonchev–Trinajstić information content (AvgIpc) is 2.35. The van der Waals surface area contributed by atoms with Crippen LogP contribution in [0.1, 0.15) is 34.6 Å². The first-order valence-corrected chi connectivity index (χ1v) is 7.28. The Morgan fingerprint density at radius 2 is 1.81 bits per heavy atom. The van der Waals surface area contributed by atoms with Crippen LogP contribution in [0.2, 0.25) is 0 Å². The smallest absolute Gasteiger partial charge is 0.217 e. The molecular weight excluding hydrogens is 278 g/mol. The van der Waals surface area contributed by atoms with E-state index in [0.29, 0.717) is 0 Å². The summed E-state index contributed by atoms with van der Waals surface area (Å²) in [6.07, 6.45) is -3.63. The number of ether oxygens (including phenoxy) is 3. The fourth-order valence-corrected chi connectivity index (χ4v) is 2.32. The van der Waals surface area contributed by atoms with E-state index in [4.69, 9.17) is 14.2 Å². The number of rotatable bonds is 6. The van der Waals surface area contributed by atoms with Crippen molar-refractivity contribution >= 4 is 5.91 Å². The van der Waals surface area contributed by atoms with Gasteiger partial charge in [-0.2, -0.15) is 0 Å². The van der Waals surface area contributed by atoms with Crippen molar-refractivity contribution in [3.8, 4) is 0 Å². The number of hydrogen-bond donors (Lipinski definition) is 3. The first-order chi connectivity index (χ1) is 9.76. The van der Waals surface area contributed by atoms with E-state index in [2.05, 4.69) is 5.32 Å². The molecular formula is C14H27NO6. The van der Waals surface area contributed by atoms with Gasteiger partial charge in [-0.05, 0) is 27.7 Å². The summed E-state index contributed by atoms with van der Waals surface area (Å²) in [7, 11) is 0. The fraction of sp³-hybridized carbons (Fsp3) is 0.929. The molecule has 3 N–H and O–H groups in total. The largest absolute Gasteiger partial charge is 0.394 e. The highest BCUT2D eigenvalue weighted by atomic mass is 16.7. The molecule has 0 bridgehead atoms.